The fraction of sp³-hybridized carbons (Fsp3) is 0.600. The number of rotatable bonds is 3. The SMILES string of the molecule is CS(=O)(=O)c1ccc(NC(=O)N[C@H]2CCN3CCCC[C@@H]23)cn1. The van der Waals surface area contributed by atoms with Crippen LogP contribution in [0.1, 0.15) is 25.7 Å². The molecule has 2 N–H and O–H groups in total. The van der Waals surface area contributed by atoms with Crippen LogP contribution in [-0.2, 0) is 9.84 Å². The number of aromatic nitrogens is 1. The molecule has 0 unspecified atom stereocenters. The molecular formula is C15H22N4O3S. The van der Waals surface area contributed by atoms with Crippen molar-refractivity contribution in [3.63, 3.8) is 0 Å². The molecule has 3 heterocycles. The maximum atomic E-state index is 12.1. The maximum Gasteiger partial charge on any atom is 0.319 e. The lowest BCUT2D eigenvalue weighted by Crippen LogP contribution is -2.47. The predicted molar refractivity (Wildman–Crippen MR) is 87.1 cm³/mol. The number of pyridine rings is 1. The molecule has 0 aromatic carbocycles. The summed E-state index contributed by atoms with van der Waals surface area (Å²) in [7, 11) is -3.32. The summed E-state index contributed by atoms with van der Waals surface area (Å²) >= 11 is 0. The van der Waals surface area contributed by atoms with Crippen molar-refractivity contribution >= 4 is 21.6 Å². The summed E-state index contributed by atoms with van der Waals surface area (Å²) in [5.74, 6) is 0. The van der Waals surface area contributed by atoms with Gasteiger partial charge in [0, 0.05) is 24.9 Å². The lowest BCUT2D eigenvalue weighted by molar-refractivity contribution is 0.180. The van der Waals surface area contributed by atoms with Crippen LogP contribution in [0.5, 0.6) is 0 Å². The van der Waals surface area contributed by atoms with Crippen LogP contribution in [0.3, 0.4) is 0 Å². The Bertz CT molecular complexity index is 674. The van der Waals surface area contributed by atoms with Crippen LogP contribution in [0.25, 0.3) is 0 Å². The van der Waals surface area contributed by atoms with Crippen LogP contribution >= 0.6 is 0 Å². The summed E-state index contributed by atoms with van der Waals surface area (Å²) in [4.78, 5) is 18.5. The van der Waals surface area contributed by atoms with Gasteiger partial charge in [-0.3, -0.25) is 4.90 Å². The molecule has 2 amide bonds. The molecule has 0 spiro atoms. The number of carbonyl (C=O) groups excluding carboxylic acids is 1. The van der Waals surface area contributed by atoms with E-state index in [1.54, 1.807) is 6.07 Å². The summed E-state index contributed by atoms with van der Waals surface area (Å²) in [6.07, 6.45) is 7.03. The van der Waals surface area contributed by atoms with Crippen molar-refractivity contribution in [1.82, 2.24) is 15.2 Å². The summed E-state index contributed by atoms with van der Waals surface area (Å²) in [6.45, 7) is 2.17. The zero-order valence-corrected chi connectivity index (χ0v) is 14.0. The molecule has 1 aromatic rings. The summed E-state index contributed by atoms with van der Waals surface area (Å²) in [5.41, 5.74) is 0.480. The Labute approximate surface area is 136 Å². The van der Waals surface area contributed by atoms with Crippen molar-refractivity contribution < 1.29 is 13.2 Å². The smallest absolute Gasteiger partial charge is 0.319 e. The summed E-state index contributed by atoms with van der Waals surface area (Å²) in [5, 5.41) is 5.75. The molecule has 2 fully saturated rings. The third kappa shape index (κ3) is 3.81. The molecule has 7 nitrogen and oxygen atoms in total. The van der Waals surface area contributed by atoms with E-state index in [-0.39, 0.29) is 17.1 Å². The van der Waals surface area contributed by atoms with Crippen molar-refractivity contribution in [3.05, 3.63) is 18.3 Å². The zero-order valence-electron chi connectivity index (χ0n) is 13.2. The predicted octanol–water partition coefficient (Wildman–Crippen LogP) is 1.23. The molecule has 2 aliphatic rings. The van der Waals surface area contributed by atoms with Crippen molar-refractivity contribution in [2.75, 3.05) is 24.7 Å². The molecule has 3 rings (SSSR count). The number of amides is 2. The third-order valence-corrected chi connectivity index (χ3v) is 5.55. The summed E-state index contributed by atoms with van der Waals surface area (Å²) < 4.78 is 22.7. The van der Waals surface area contributed by atoms with E-state index in [0.717, 1.165) is 32.2 Å². The van der Waals surface area contributed by atoms with E-state index < -0.39 is 9.84 Å². The van der Waals surface area contributed by atoms with Gasteiger partial charge < -0.3 is 10.6 Å². The number of piperidine rings is 1. The zero-order chi connectivity index (χ0) is 16.4. The fourth-order valence-corrected chi connectivity index (χ4v) is 3.98. The van der Waals surface area contributed by atoms with Gasteiger partial charge in [0.15, 0.2) is 14.9 Å². The lowest BCUT2D eigenvalue weighted by Gasteiger charge is -2.32. The molecule has 2 saturated heterocycles. The van der Waals surface area contributed by atoms with E-state index in [1.807, 2.05) is 0 Å². The normalized spacial score (nSPS) is 24.9. The first-order chi connectivity index (χ1) is 10.9. The molecule has 0 radical (unpaired) electrons. The van der Waals surface area contributed by atoms with Gasteiger partial charge in [-0.25, -0.2) is 18.2 Å². The monoisotopic (exact) mass is 338 g/mol. The molecule has 126 valence electrons. The second-order valence-corrected chi connectivity index (χ2v) is 8.21. The van der Waals surface area contributed by atoms with Gasteiger partial charge in [0.1, 0.15) is 0 Å². The maximum absolute atomic E-state index is 12.1. The number of fused-ring (bicyclic) bond motifs is 1. The lowest BCUT2D eigenvalue weighted by atomic mass is 9.99. The minimum absolute atomic E-state index is 0.00269. The Morgan fingerprint density at radius 1 is 1.26 bits per heavy atom. The minimum Gasteiger partial charge on any atom is -0.334 e. The highest BCUT2D eigenvalue weighted by molar-refractivity contribution is 7.90. The Morgan fingerprint density at radius 2 is 2.09 bits per heavy atom. The molecule has 0 aliphatic carbocycles. The van der Waals surface area contributed by atoms with Gasteiger partial charge in [0.25, 0.3) is 0 Å². The van der Waals surface area contributed by atoms with Gasteiger partial charge in [-0.2, -0.15) is 0 Å². The highest BCUT2D eigenvalue weighted by atomic mass is 32.2. The molecule has 0 bridgehead atoms. The van der Waals surface area contributed by atoms with Crippen LogP contribution < -0.4 is 10.6 Å². The van der Waals surface area contributed by atoms with Gasteiger partial charge in [0.05, 0.1) is 11.9 Å². The van der Waals surface area contributed by atoms with E-state index in [2.05, 4.69) is 20.5 Å². The molecule has 1 aromatic heterocycles. The number of nitrogens with one attached hydrogen (secondary N) is 2. The molecular weight excluding hydrogens is 316 g/mol. The number of hydrogen-bond donors (Lipinski definition) is 2. The quantitative estimate of drug-likeness (QED) is 0.865. The van der Waals surface area contributed by atoms with Crippen molar-refractivity contribution in [3.8, 4) is 0 Å². The average Bonchev–Trinajstić information content (AvgIpc) is 2.90. The average molecular weight is 338 g/mol. The second kappa shape index (κ2) is 6.45. The van der Waals surface area contributed by atoms with Gasteiger partial charge >= 0.3 is 6.03 Å². The summed E-state index contributed by atoms with van der Waals surface area (Å²) in [6, 6.07) is 3.29. The van der Waals surface area contributed by atoms with Crippen LogP contribution in [-0.4, -0.2) is 55.8 Å². The Morgan fingerprint density at radius 3 is 2.78 bits per heavy atom. The standard InChI is InChI=1S/C15H22N4O3S/c1-23(21,22)14-6-5-11(10-16-14)17-15(20)18-12-7-9-19-8-3-2-4-13(12)19/h5-6,10,12-13H,2-4,7-9H2,1H3,(H2,17,18,20)/t12-,13-/m0/s1. The van der Waals surface area contributed by atoms with Crippen molar-refractivity contribution in [1.29, 1.82) is 0 Å². The number of carbonyl (C=O) groups is 1. The molecule has 8 heteroatoms. The van der Waals surface area contributed by atoms with E-state index in [4.69, 9.17) is 0 Å². The van der Waals surface area contributed by atoms with E-state index in [9.17, 15) is 13.2 Å². The molecule has 2 aliphatic heterocycles. The highest BCUT2D eigenvalue weighted by Crippen LogP contribution is 2.27. The first kappa shape index (κ1) is 16.2. The number of hydrogen-bond acceptors (Lipinski definition) is 5. The van der Waals surface area contributed by atoms with Crippen LogP contribution in [0, 0.1) is 0 Å². The number of sulfone groups is 1. The minimum atomic E-state index is -3.32. The first-order valence-corrected chi connectivity index (χ1v) is 9.80. The first-order valence-electron chi connectivity index (χ1n) is 7.91. The largest absolute Gasteiger partial charge is 0.334 e. The van der Waals surface area contributed by atoms with Crippen molar-refractivity contribution in [2.45, 2.75) is 42.8 Å². The second-order valence-electron chi connectivity index (χ2n) is 6.25. The number of nitrogens with zero attached hydrogens (tertiary/aromatic N) is 2. The van der Waals surface area contributed by atoms with Gasteiger partial charge in [0.2, 0.25) is 0 Å². The highest BCUT2D eigenvalue weighted by Gasteiger charge is 2.36. The molecule has 0 saturated carbocycles. The topological polar surface area (TPSA) is 91.4 Å². The van der Waals surface area contributed by atoms with E-state index in [1.165, 1.54) is 25.1 Å². The molecule has 2 atom stereocenters. The van der Waals surface area contributed by atoms with Gasteiger partial charge in [-0.15, -0.1) is 0 Å². The van der Waals surface area contributed by atoms with Crippen LogP contribution in [0.2, 0.25) is 0 Å². The van der Waals surface area contributed by atoms with Crippen LogP contribution in [0.4, 0.5) is 10.5 Å². The third-order valence-electron chi connectivity index (χ3n) is 4.55. The molecule has 23 heavy (non-hydrogen) atoms. The van der Waals surface area contributed by atoms with Gasteiger partial charge in [-0.05, 0) is 37.9 Å². The van der Waals surface area contributed by atoms with E-state index in [0.29, 0.717) is 11.7 Å². The van der Waals surface area contributed by atoms with Crippen molar-refractivity contribution in [2.24, 2.45) is 0 Å². The Balaban J connectivity index is 1.57. The van der Waals surface area contributed by atoms with Crippen LogP contribution in [0.15, 0.2) is 23.4 Å². The van der Waals surface area contributed by atoms with Gasteiger partial charge in [-0.1, -0.05) is 6.42 Å². The number of anilines is 1. The van der Waals surface area contributed by atoms with E-state index >= 15 is 0 Å². The number of urea groups is 1. The Kier molecular flexibility index (Phi) is 4.54. The Hall–Kier alpha value is -1.67. The fourth-order valence-electron chi connectivity index (χ4n) is 3.42.